The van der Waals surface area contributed by atoms with Crippen molar-refractivity contribution in [2.75, 3.05) is 11.9 Å². The Bertz CT molecular complexity index is 748. The average molecular weight is 482 g/mol. The lowest BCUT2D eigenvalue weighted by Gasteiger charge is -2.32. The van der Waals surface area contributed by atoms with Gasteiger partial charge in [0.25, 0.3) is 0 Å². The molecule has 0 amide bonds. The van der Waals surface area contributed by atoms with Crippen LogP contribution in [0.15, 0.2) is 45.3 Å². The smallest absolute Gasteiger partial charge is 0.381 e. The molecule has 0 saturated carbocycles. The van der Waals surface area contributed by atoms with E-state index in [1.54, 1.807) is 24.3 Å². The standard InChI is InChI=1S/C17H17Br2F3N2O/c1-10-4-15(3-2-11(10)8-23)24-9-16(25,17(20,21)22)12-5-13(18)7-14(19)6-12/h2-7,24-25H,8-9,23H2,1H3/t16-/m1/s1. The molecule has 0 heterocycles. The lowest BCUT2D eigenvalue weighted by Crippen LogP contribution is -2.47. The van der Waals surface area contributed by atoms with Gasteiger partial charge in [0.2, 0.25) is 5.60 Å². The fourth-order valence-electron chi connectivity index (χ4n) is 2.42. The zero-order valence-corrected chi connectivity index (χ0v) is 16.5. The van der Waals surface area contributed by atoms with Gasteiger partial charge in [-0.3, -0.25) is 0 Å². The third kappa shape index (κ3) is 4.55. The van der Waals surface area contributed by atoms with E-state index >= 15 is 0 Å². The molecule has 2 aromatic carbocycles. The molecule has 0 aliphatic rings. The summed E-state index contributed by atoms with van der Waals surface area (Å²) in [6.07, 6.45) is -4.85. The van der Waals surface area contributed by atoms with Crippen molar-refractivity contribution >= 4 is 37.5 Å². The number of rotatable bonds is 5. The number of nitrogens with one attached hydrogen (secondary N) is 1. The molecule has 0 aromatic heterocycles. The van der Waals surface area contributed by atoms with Crippen LogP contribution in [0.2, 0.25) is 0 Å². The number of benzene rings is 2. The summed E-state index contributed by atoms with van der Waals surface area (Å²) < 4.78 is 41.7. The Kier molecular flexibility index (Phi) is 6.19. The molecule has 0 aliphatic carbocycles. The van der Waals surface area contributed by atoms with Crippen molar-refractivity contribution in [2.24, 2.45) is 5.73 Å². The topological polar surface area (TPSA) is 58.3 Å². The van der Waals surface area contributed by atoms with Gasteiger partial charge >= 0.3 is 6.18 Å². The Balaban J connectivity index is 2.34. The number of anilines is 1. The van der Waals surface area contributed by atoms with Gasteiger partial charge in [0, 0.05) is 21.2 Å². The van der Waals surface area contributed by atoms with Crippen molar-refractivity contribution in [2.45, 2.75) is 25.2 Å². The summed E-state index contributed by atoms with van der Waals surface area (Å²) >= 11 is 6.31. The Morgan fingerprint density at radius 3 is 2.16 bits per heavy atom. The van der Waals surface area contributed by atoms with E-state index in [9.17, 15) is 18.3 Å². The second-order valence-corrected chi connectivity index (χ2v) is 7.55. The summed E-state index contributed by atoms with van der Waals surface area (Å²) in [6, 6.07) is 9.20. The minimum atomic E-state index is -4.85. The van der Waals surface area contributed by atoms with E-state index in [1.165, 1.54) is 12.1 Å². The van der Waals surface area contributed by atoms with E-state index in [-0.39, 0.29) is 5.56 Å². The first-order valence-corrected chi connectivity index (χ1v) is 8.94. The Morgan fingerprint density at radius 1 is 1.08 bits per heavy atom. The van der Waals surface area contributed by atoms with Crippen molar-refractivity contribution in [3.05, 3.63) is 62.0 Å². The number of nitrogens with two attached hydrogens (primary N) is 1. The van der Waals surface area contributed by atoms with E-state index in [0.717, 1.165) is 11.1 Å². The van der Waals surface area contributed by atoms with Crippen LogP contribution in [-0.4, -0.2) is 17.8 Å². The van der Waals surface area contributed by atoms with E-state index in [4.69, 9.17) is 5.73 Å². The van der Waals surface area contributed by atoms with Crippen LogP contribution in [0, 0.1) is 6.92 Å². The van der Waals surface area contributed by atoms with E-state index in [2.05, 4.69) is 37.2 Å². The summed E-state index contributed by atoms with van der Waals surface area (Å²) in [6.45, 7) is 1.46. The highest BCUT2D eigenvalue weighted by Gasteiger charge is 2.55. The fraction of sp³-hybridized carbons (Fsp3) is 0.294. The molecular formula is C17H17Br2F3N2O. The zero-order chi connectivity index (χ0) is 18.8. The molecule has 3 nitrogen and oxygen atoms in total. The maximum Gasteiger partial charge on any atom is 0.423 e. The van der Waals surface area contributed by atoms with Gasteiger partial charge in [-0.1, -0.05) is 37.9 Å². The van der Waals surface area contributed by atoms with Crippen LogP contribution in [-0.2, 0) is 12.1 Å². The second-order valence-electron chi connectivity index (χ2n) is 5.72. The predicted octanol–water partition coefficient (Wildman–Crippen LogP) is 4.84. The fourth-order valence-corrected chi connectivity index (χ4v) is 3.72. The summed E-state index contributed by atoms with van der Waals surface area (Å²) in [5.41, 5.74) is 4.54. The molecule has 4 N–H and O–H groups in total. The summed E-state index contributed by atoms with van der Waals surface area (Å²) in [4.78, 5) is 0. The quantitative estimate of drug-likeness (QED) is 0.572. The molecule has 25 heavy (non-hydrogen) atoms. The highest BCUT2D eigenvalue weighted by atomic mass is 79.9. The number of alkyl halides is 3. The second kappa shape index (κ2) is 7.65. The third-order valence-corrected chi connectivity index (χ3v) is 4.84. The molecule has 1 atom stereocenters. The molecule has 0 radical (unpaired) electrons. The van der Waals surface area contributed by atoms with Gasteiger partial charge in [-0.2, -0.15) is 13.2 Å². The lowest BCUT2D eigenvalue weighted by atomic mass is 9.92. The third-order valence-electron chi connectivity index (χ3n) is 3.92. The van der Waals surface area contributed by atoms with E-state index < -0.39 is 18.3 Å². The summed E-state index contributed by atoms with van der Waals surface area (Å²) in [7, 11) is 0. The van der Waals surface area contributed by atoms with Crippen LogP contribution >= 0.6 is 31.9 Å². The van der Waals surface area contributed by atoms with Gasteiger partial charge in [-0.15, -0.1) is 0 Å². The van der Waals surface area contributed by atoms with Crippen LogP contribution in [0.3, 0.4) is 0 Å². The summed E-state index contributed by atoms with van der Waals surface area (Å²) in [5.74, 6) is 0. The molecule has 2 rings (SSSR count). The number of halogens is 5. The predicted molar refractivity (Wildman–Crippen MR) is 99.4 cm³/mol. The molecular weight excluding hydrogens is 465 g/mol. The van der Waals surface area contributed by atoms with E-state index in [0.29, 0.717) is 21.2 Å². The van der Waals surface area contributed by atoms with Crippen LogP contribution in [0.25, 0.3) is 0 Å². The van der Waals surface area contributed by atoms with E-state index in [1.807, 2.05) is 6.92 Å². The number of aryl methyl sites for hydroxylation is 1. The summed E-state index contributed by atoms with van der Waals surface area (Å²) in [5, 5.41) is 13.1. The minimum absolute atomic E-state index is 0.260. The van der Waals surface area contributed by atoms with Crippen LogP contribution in [0.5, 0.6) is 0 Å². The molecule has 0 aliphatic heterocycles. The highest BCUT2D eigenvalue weighted by Crippen LogP contribution is 2.41. The van der Waals surface area contributed by atoms with Gasteiger partial charge < -0.3 is 16.2 Å². The molecule has 8 heteroatoms. The van der Waals surface area contributed by atoms with Crippen molar-refractivity contribution < 1.29 is 18.3 Å². The number of aliphatic hydroxyl groups is 1. The first-order chi connectivity index (χ1) is 11.6. The van der Waals surface area contributed by atoms with Crippen molar-refractivity contribution in [3.8, 4) is 0 Å². The van der Waals surface area contributed by atoms with Crippen LogP contribution in [0.4, 0.5) is 18.9 Å². The van der Waals surface area contributed by atoms with Gasteiger partial charge in [-0.05, 0) is 53.9 Å². The van der Waals surface area contributed by atoms with Gasteiger partial charge in [0.15, 0.2) is 0 Å². The number of hydrogen-bond donors (Lipinski definition) is 3. The van der Waals surface area contributed by atoms with Crippen molar-refractivity contribution in [1.29, 1.82) is 0 Å². The van der Waals surface area contributed by atoms with Gasteiger partial charge in [0.05, 0.1) is 6.54 Å². The maximum atomic E-state index is 13.6. The van der Waals surface area contributed by atoms with Crippen molar-refractivity contribution in [3.63, 3.8) is 0 Å². The van der Waals surface area contributed by atoms with Gasteiger partial charge in [0.1, 0.15) is 0 Å². The molecule has 2 aromatic rings. The Labute approximate surface area is 160 Å². The van der Waals surface area contributed by atoms with Crippen LogP contribution < -0.4 is 11.1 Å². The SMILES string of the molecule is Cc1cc(NC[C@@](O)(c2cc(Br)cc(Br)c2)C(F)(F)F)ccc1CN. The maximum absolute atomic E-state index is 13.6. The Morgan fingerprint density at radius 2 is 1.68 bits per heavy atom. The first-order valence-electron chi connectivity index (χ1n) is 7.36. The lowest BCUT2D eigenvalue weighted by molar-refractivity contribution is -0.260. The van der Waals surface area contributed by atoms with Crippen molar-refractivity contribution in [1.82, 2.24) is 0 Å². The largest absolute Gasteiger partial charge is 0.423 e. The normalized spacial score (nSPS) is 14.2. The minimum Gasteiger partial charge on any atom is -0.381 e. The monoisotopic (exact) mass is 480 g/mol. The van der Waals surface area contributed by atoms with Crippen LogP contribution in [0.1, 0.15) is 16.7 Å². The van der Waals surface area contributed by atoms with Gasteiger partial charge in [-0.25, -0.2) is 0 Å². The molecule has 0 saturated heterocycles. The molecule has 0 bridgehead atoms. The molecule has 136 valence electrons. The number of hydrogen-bond acceptors (Lipinski definition) is 3. The molecule has 0 fully saturated rings. The highest BCUT2D eigenvalue weighted by molar-refractivity contribution is 9.11. The average Bonchev–Trinajstić information content (AvgIpc) is 2.50. The Hall–Kier alpha value is -1.09. The molecule has 0 spiro atoms. The zero-order valence-electron chi connectivity index (χ0n) is 13.3. The first kappa shape index (κ1) is 20.2. The molecule has 0 unspecified atom stereocenters.